The van der Waals surface area contributed by atoms with Crippen LogP contribution in [0.4, 0.5) is 0 Å². The fraction of sp³-hybridized carbons (Fsp3) is 0.393. The Morgan fingerprint density at radius 3 is 2.55 bits per heavy atom. The van der Waals surface area contributed by atoms with Gasteiger partial charge in [-0.25, -0.2) is 4.79 Å². The van der Waals surface area contributed by atoms with Gasteiger partial charge in [0, 0.05) is 12.1 Å². The molecule has 0 amide bonds. The summed E-state index contributed by atoms with van der Waals surface area (Å²) in [5.74, 6) is -0.553. The zero-order valence-electron chi connectivity index (χ0n) is 19.3. The average Bonchev–Trinajstić information content (AvgIpc) is 3.63. The Kier molecular flexibility index (Phi) is 7.13. The molecule has 0 aliphatic heterocycles. The standard InChI is InChI=1S/C28H33NO4/c1-28(2,16-19-10-11-20-6-3-4-7-22(20)14-19)29-17-25(30)18-33-26(21-12-13-21)23-8-5-9-24(15-23)27(31)32/h3-11,14-15,21,25-26,29-30H,12-13,16-18H2,1-2H3,(H,31,32). The van der Waals surface area contributed by atoms with Crippen molar-refractivity contribution in [3.8, 4) is 0 Å². The summed E-state index contributed by atoms with van der Waals surface area (Å²) in [6.45, 7) is 4.91. The van der Waals surface area contributed by atoms with Gasteiger partial charge in [-0.2, -0.15) is 0 Å². The lowest BCUT2D eigenvalue weighted by Crippen LogP contribution is -2.46. The molecule has 0 heterocycles. The quantitative estimate of drug-likeness (QED) is 0.386. The van der Waals surface area contributed by atoms with Gasteiger partial charge in [-0.3, -0.25) is 0 Å². The van der Waals surface area contributed by atoms with E-state index in [4.69, 9.17) is 4.74 Å². The van der Waals surface area contributed by atoms with Crippen molar-refractivity contribution in [2.24, 2.45) is 5.92 Å². The van der Waals surface area contributed by atoms with E-state index in [-0.39, 0.29) is 23.8 Å². The molecule has 174 valence electrons. The van der Waals surface area contributed by atoms with Gasteiger partial charge in [-0.1, -0.05) is 54.6 Å². The number of hydrogen-bond acceptors (Lipinski definition) is 4. The van der Waals surface area contributed by atoms with Gasteiger partial charge in [0.25, 0.3) is 0 Å². The van der Waals surface area contributed by atoms with Gasteiger partial charge in [-0.15, -0.1) is 0 Å². The minimum absolute atomic E-state index is 0.176. The first-order valence-corrected chi connectivity index (χ1v) is 11.7. The van der Waals surface area contributed by atoms with Crippen molar-refractivity contribution in [2.75, 3.05) is 13.2 Å². The van der Waals surface area contributed by atoms with Gasteiger partial charge in [0.2, 0.25) is 0 Å². The second-order valence-corrected chi connectivity index (χ2v) is 9.80. The predicted molar refractivity (Wildman–Crippen MR) is 131 cm³/mol. The zero-order valence-corrected chi connectivity index (χ0v) is 19.3. The summed E-state index contributed by atoms with van der Waals surface area (Å²) in [6, 6.07) is 21.8. The number of aromatic carboxylic acids is 1. The topological polar surface area (TPSA) is 78.8 Å². The van der Waals surface area contributed by atoms with Crippen LogP contribution in [-0.4, -0.2) is 41.0 Å². The Bertz CT molecular complexity index is 1110. The van der Waals surface area contributed by atoms with E-state index in [0.29, 0.717) is 12.5 Å². The molecule has 1 aliphatic rings. The van der Waals surface area contributed by atoms with Crippen LogP contribution in [0.2, 0.25) is 0 Å². The van der Waals surface area contributed by atoms with Crippen molar-refractivity contribution in [2.45, 2.75) is 50.9 Å². The SMILES string of the molecule is CC(C)(Cc1ccc2ccccc2c1)NCC(O)COC(c1cccc(C(=O)O)c1)C1CC1. The van der Waals surface area contributed by atoms with Crippen LogP contribution in [0.5, 0.6) is 0 Å². The van der Waals surface area contributed by atoms with E-state index < -0.39 is 12.1 Å². The summed E-state index contributed by atoms with van der Waals surface area (Å²) in [6.07, 6.45) is 2.15. The van der Waals surface area contributed by atoms with Crippen molar-refractivity contribution in [3.63, 3.8) is 0 Å². The molecule has 1 aliphatic carbocycles. The van der Waals surface area contributed by atoms with Crippen LogP contribution in [0, 0.1) is 5.92 Å². The van der Waals surface area contributed by atoms with E-state index in [1.807, 2.05) is 12.1 Å². The first-order chi connectivity index (χ1) is 15.8. The summed E-state index contributed by atoms with van der Waals surface area (Å²) >= 11 is 0. The Balaban J connectivity index is 1.30. The largest absolute Gasteiger partial charge is 0.478 e. The lowest BCUT2D eigenvalue weighted by molar-refractivity contribution is -0.0211. The van der Waals surface area contributed by atoms with Crippen LogP contribution in [0.1, 0.15) is 54.3 Å². The number of carbonyl (C=O) groups is 1. The Morgan fingerprint density at radius 1 is 1.06 bits per heavy atom. The number of ether oxygens (including phenoxy) is 1. The molecule has 4 rings (SSSR count). The minimum atomic E-state index is -0.940. The summed E-state index contributed by atoms with van der Waals surface area (Å²) in [7, 11) is 0. The third-order valence-corrected chi connectivity index (χ3v) is 6.26. The van der Waals surface area contributed by atoms with Gasteiger partial charge in [0.05, 0.1) is 24.4 Å². The van der Waals surface area contributed by atoms with Gasteiger partial charge >= 0.3 is 5.97 Å². The Morgan fingerprint density at radius 2 is 1.82 bits per heavy atom. The third kappa shape index (κ3) is 6.41. The lowest BCUT2D eigenvalue weighted by atomic mass is 9.93. The van der Waals surface area contributed by atoms with Gasteiger partial charge < -0.3 is 20.3 Å². The van der Waals surface area contributed by atoms with E-state index >= 15 is 0 Å². The van der Waals surface area contributed by atoms with E-state index in [9.17, 15) is 15.0 Å². The number of benzene rings is 3. The molecule has 5 heteroatoms. The monoisotopic (exact) mass is 447 g/mol. The van der Waals surface area contributed by atoms with Crippen molar-refractivity contribution in [3.05, 3.63) is 83.4 Å². The molecule has 0 saturated heterocycles. The molecule has 33 heavy (non-hydrogen) atoms. The Labute approximate surface area is 195 Å². The molecule has 1 fully saturated rings. The molecule has 2 unspecified atom stereocenters. The number of β-amino-alcohol motifs (C(OH)–C–C–N with tert-alkyl or cyclic N) is 1. The molecule has 5 nitrogen and oxygen atoms in total. The summed E-state index contributed by atoms with van der Waals surface area (Å²) < 4.78 is 6.10. The number of aliphatic hydroxyl groups excluding tert-OH is 1. The van der Waals surface area contributed by atoms with Crippen LogP contribution >= 0.6 is 0 Å². The molecular formula is C28H33NO4. The average molecular weight is 448 g/mol. The van der Waals surface area contributed by atoms with Crippen LogP contribution in [0.25, 0.3) is 10.8 Å². The molecule has 0 aromatic heterocycles. The Hall–Kier alpha value is -2.73. The maximum atomic E-state index is 11.3. The van der Waals surface area contributed by atoms with Crippen molar-refractivity contribution >= 4 is 16.7 Å². The molecule has 3 aromatic rings. The van der Waals surface area contributed by atoms with Crippen LogP contribution in [0.15, 0.2) is 66.7 Å². The van der Waals surface area contributed by atoms with Gasteiger partial charge in [0.15, 0.2) is 0 Å². The maximum absolute atomic E-state index is 11.3. The number of hydrogen-bond donors (Lipinski definition) is 3. The molecule has 2 atom stereocenters. The van der Waals surface area contributed by atoms with E-state index in [2.05, 4.69) is 55.6 Å². The normalized spacial score (nSPS) is 16.0. The highest BCUT2D eigenvalue weighted by atomic mass is 16.5. The van der Waals surface area contributed by atoms with Crippen molar-refractivity contribution in [1.82, 2.24) is 5.32 Å². The molecule has 0 spiro atoms. The number of carboxylic acids is 1. The summed E-state index contributed by atoms with van der Waals surface area (Å²) in [5, 5.41) is 25.8. The van der Waals surface area contributed by atoms with E-state index in [1.54, 1.807) is 18.2 Å². The van der Waals surface area contributed by atoms with Crippen LogP contribution < -0.4 is 5.32 Å². The highest BCUT2D eigenvalue weighted by molar-refractivity contribution is 5.87. The fourth-order valence-electron chi connectivity index (χ4n) is 4.34. The third-order valence-electron chi connectivity index (χ3n) is 6.26. The molecule has 3 N–H and O–H groups in total. The second kappa shape index (κ2) is 10.0. The van der Waals surface area contributed by atoms with Crippen molar-refractivity contribution < 1.29 is 19.7 Å². The second-order valence-electron chi connectivity index (χ2n) is 9.80. The predicted octanol–water partition coefficient (Wildman–Crippen LogP) is 4.98. The molecule has 0 bridgehead atoms. The highest BCUT2D eigenvalue weighted by Crippen LogP contribution is 2.43. The smallest absolute Gasteiger partial charge is 0.335 e. The van der Waals surface area contributed by atoms with E-state index in [1.165, 1.54) is 16.3 Å². The summed E-state index contributed by atoms with van der Waals surface area (Å²) in [4.78, 5) is 11.3. The van der Waals surface area contributed by atoms with Gasteiger partial charge in [-0.05, 0) is 73.1 Å². The molecular weight excluding hydrogens is 414 g/mol. The first-order valence-electron chi connectivity index (χ1n) is 11.7. The van der Waals surface area contributed by atoms with Gasteiger partial charge in [0.1, 0.15) is 0 Å². The summed E-state index contributed by atoms with van der Waals surface area (Å²) in [5.41, 5.74) is 2.20. The minimum Gasteiger partial charge on any atom is -0.478 e. The lowest BCUT2D eigenvalue weighted by Gasteiger charge is -2.29. The van der Waals surface area contributed by atoms with E-state index in [0.717, 1.165) is 24.8 Å². The van der Waals surface area contributed by atoms with Crippen LogP contribution in [0.3, 0.4) is 0 Å². The fourth-order valence-corrected chi connectivity index (χ4v) is 4.34. The molecule has 3 aromatic carbocycles. The number of rotatable bonds is 11. The zero-order chi connectivity index (χ0) is 23.4. The number of fused-ring (bicyclic) bond motifs is 1. The molecule has 1 saturated carbocycles. The molecule has 0 radical (unpaired) electrons. The van der Waals surface area contributed by atoms with Crippen LogP contribution in [-0.2, 0) is 11.2 Å². The number of aliphatic hydroxyl groups is 1. The highest BCUT2D eigenvalue weighted by Gasteiger charge is 2.34. The number of nitrogens with one attached hydrogen (secondary N) is 1. The number of carboxylic acid groups (broad SMARTS) is 1. The van der Waals surface area contributed by atoms with Crippen molar-refractivity contribution in [1.29, 1.82) is 0 Å². The first kappa shape index (κ1) is 23.4. The maximum Gasteiger partial charge on any atom is 0.335 e.